The normalized spacial score (nSPS) is 15.7. The Morgan fingerprint density at radius 1 is 1.52 bits per heavy atom. The summed E-state index contributed by atoms with van der Waals surface area (Å²) in [6.45, 7) is 8.00. The molecule has 1 aliphatic rings. The number of nitrogens with two attached hydrogens (primary N) is 1. The van der Waals surface area contributed by atoms with E-state index in [2.05, 4.69) is 11.3 Å². The van der Waals surface area contributed by atoms with Gasteiger partial charge in [-0.1, -0.05) is 6.08 Å². The maximum absolute atomic E-state index is 12.3. The molecule has 0 radical (unpaired) electrons. The van der Waals surface area contributed by atoms with Crippen molar-refractivity contribution in [1.82, 2.24) is 0 Å². The van der Waals surface area contributed by atoms with E-state index in [0.29, 0.717) is 36.5 Å². The van der Waals surface area contributed by atoms with Gasteiger partial charge in [0.1, 0.15) is 5.75 Å². The smallest absolute Gasteiger partial charge is 0.337 e. The van der Waals surface area contributed by atoms with E-state index in [1.54, 1.807) is 29.2 Å². The highest BCUT2D eigenvalue weighted by Gasteiger charge is 2.33. The number of carbonyl (C=O) groups is 2. The Morgan fingerprint density at radius 2 is 2.17 bits per heavy atom. The van der Waals surface area contributed by atoms with E-state index < -0.39 is 12.1 Å². The highest BCUT2D eigenvalue weighted by atomic mass is 16.5. The van der Waals surface area contributed by atoms with Gasteiger partial charge < -0.3 is 20.1 Å². The number of allylic oxidation sites excluding steroid dienone is 1. The molecule has 1 unspecified atom stereocenters. The molecule has 1 amide bonds. The Labute approximate surface area is 136 Å². The Balaban J connectivity index is 0.000000816. The molecule has 0 bridgehead atoms. The van der Waals surface area contributed by atoms with E-state index in [0.717, 1.165) is 0 Å². The van der Waals surface area contributed by atoms with Crippen LogP contribution in [0.5, 0.6) is 5.75 Å². The zero-order valence-corrected chi connectivity index (χ0v) is 13.9. The second-order valence-electron chi connectivity index (χ2n) is 4.85. The van der Waals surface area contributed by atoms with Gasteiger partial charge in [0, 0.05) is 13.0 Å². The third-order valence-electron chi connectivity index (χ3n) is 3.23. The van der Waals surface area contributed by atoms with Gasteiger partial charge in [0.25, 0.3) is 5.91 Å². The summed E-state index contributed by atoms with van der Waals surface area (Å²) in [7, 11) is 1.32. The number of anilines is 1. The number of nitrogens with zero attached hydrogens (tertiary/aromatic N) is 1. The van der Waals surface area contributed by atoms with Crippen LogP contribution in [-0.2, 0) is 9.53 Å². The number of likely N-dealkylation sites (N-methyl/N-ethyl adjacent to an activating group) is 1. The zero-order valence-electron chi connectivity index (χ0n) is 13.9. The van der Waals surface area contributed by atoms with Gasteiger partial charge in [-0.3, -0.25) is 4.79 Å². The van der Waals surface area contributed by atoms with Crippen molar-refractivity contribution >= 4 is 17.6 Å². The second-order valence-corrected chi connectivity index (χ2v) is 4.85. The van der Waals surface area contributed by atoms with Gasteiger partial charge in [0.15, 0.2) is 6.10 Å². The molecule has 1 atom stereocenters. The number of hydrogen-bond donors (Lipinski definition) is 1. The Hall–Kier alpha value is -2.34. The summed E-state index contributed by atoms with van der Waals surface area (Å²) < 4.78 is 10.3. The maximum atomic E-state index is 12.3. The summed E-state index contributed by atoms with van der Waals surface area (Å²) >= 11 is 0. The number of esters is 1. The molecule has 126 valence electrons. The molecule has 0 spiro atoms. The SMILES string of the molecule is C=CC.CCN1C(=O)C(CCN)Oc2ccc(C(=O)OC)cc21. The highest BCUT2D eigenvalue weighted by molar-refractivity contribution is 6.01. The van der Waals surface area contributed by atoms with Crippen molar-refractivity contribution in [2.45, 2.75) is 26.4 Å². The minimum absolute atomic E-state index is 0.132. The molecule has 2 N–H and O–H groups in total. The largest absolute Gasteiger partial charge is 0.478 e. The van der Waals surface area contributed by atoms with Crippen molar-refractivity contribution in [3.63, 3.8) is 0 Å². The van der Waals surface area contributed by atoms with Crippen LogP contribution in [0, 0.1) is 0 Å². The van der Waals surface area contributed by atoms with Crippen LogP contribution in [-0.4, -0.2) is 38.2 Å². The minimum Gasteiger partial charge on any atom is -0.478 e. The third kappa shape index (κ3) is 4.32. The van der Waals surface area contributed by atoms with Crippen LogP contribution < -0.4 is 15.4 Å². The van der Waals surface area contributed by atoms with Crippen LogP contribution in [0.25, 0.3) is 0 Å². The number of hydrogen-bond acceptors (Lipinski definition) is 5. The van der Waals surface area contributed by atoms with Crippen molar-refractivity contribution in [3.8, 4) is 5.75 Å². The summed E-state index contributed by atoms with van der Waals surface area (Å²) in [5.41, 5.74) is 6.48. The first-order chi connectivity index (χ1) is 11.0. The monoisotopic (exact) mass is 320 g/mol. The standard InChI is InChI=1S/C14H18N2O4.C3H6/c1-3-16-10-8-9(14(18)19-2)4-5-11(10)20-12(6-7-15)13(16)17;1-3-2/h4-5,8,12H,3,6-7,15H2,1-2H3;3H,1H2,2H3. The number of methoxy groups -OCH3 is 1. The molecule has 1 aromatic rings. The fraction of sp³-hybridized carbons (Fsp3) is 0.412. The molecule has 0 saturated carbocycles. The average molecular weight is 320 g/mol. The predicted molar refractivity (Wildman–Crippen MR) is 89.8 cm³/mol. The summed E-state index contributed by atoms with van der Waals surface area (Å²) in [6.07, 6.45) is 1.66. The van der Waals surface area contributed by atoms with Gasteiger partial charge >= 0.3 is 5.97 Å². The lowest BCUT2D eigenvalue weighted by molar-refractivity contribution is -0.126. The number of carbonyl (C=O) groups excluding carboxylic acids is 2. The molecule has 2 rings (SSSR count). The molecule has 23 heavy (non-hydrogen) atoms. The summed E-state index contributed by atoms with van der Waals surface area (Å²) in [5, 5.41) is 0. The van der Waals surface area contributed by atoms with Gasteiger partial charge in [-0.15, -0.1) is 6.58 Å². The molecule has 6 heteroatoms. The molecule has 0 saturated heterocycles. The predicted octanol–water partition coefficient (Wildman–Crippen LogP) is 2.13. The van der Waals surface area contributed by atoms with Crippen LogP contribution in [0.3, 0.4) is 0 Å². The molecule has 0 aromatic heterocycles. The molecular weight excluding hydrogens is 296 g/mol. The highest BCUT2D eigenvalue weighted by Crippen LogP contribution is 2.35. The van der Waals surface area contributed by atoms with Gasteiger partial charge in [-0.25, -0.2) is 4.79 Å². The van der Waals surface area contributed by atoms with E-state index in [1.807, 2.05) is 13.8 Å². The summed E-state index contributed by atoms with van der Waals surface area (Å²) in [4.78, 5) is 25.5. The maximum Gasteiger partial charge on any atom is 0.337 e. The van der Waals surface area contributed by atoms with Crippen molar-refractivity contribution in [2.24, 2.45) is 5.73 Å². The van der Waals surface area contributed by atoms with Crippen LogP contribution >= 0.6 is 0 Å². The quantitative estimate of drug-likeness (QED) is 0.679. The lowest BCUT2D eigenvalue weighted by atomic mass is 10.1. The second kappa shape index (κ2) is 8.95. The van der Waals surface area contributed by atoms with Crippen LogP contribution in [0.2, 0.25) is 0 Å². The molecule has 1 aliphatic heterocycles. The third-order valence-corrected chi connectivity index (χ3v) is 3.23. The molecule has 0 fully saturated rings. The number of ether oxygens (including phenoxy) is 2. The van der Waals surface area contributed by atoms with Crippen molar-refractivity contribution in [3.05, 3.63) is 36.4 Å². The first-order valence-corrected chi connectivity index (χ1v) is 7.51. The minimum atomic E-state index is -0.559. The van der Waals surface area contributed by atoms with Gasteiger partial charge in [-0.2, -0.15) is 0 Å². The Morgan fingerprint density at radius 3 is 2.70 bits per heavy atom. The van der Waals surface area contributed by atoms with Crippen LogP contribution in [0.15, 0.2) is 30.9 Å². The van der Waals surface area contributed by atoms with Crippen molar-refractivity contribution < 1.29 is 19.1 Å². The van der Waals surface area contributed by atoms with Gasteiger partial charge in [0.05, 0.1) is 18.4 Å². The van der Waals surface area contributed by atoms with Gasteiger partial charge in [0.2, 0.25) is 0 Å². The van der Waals surface area contributed by atoms with E-state index in [-0.39, 0.29) is 5.91 Å². The van der Waals surface area contributed by atoms with Crippen LogP contribution in [0.4, 0.5) is 5.69 Å². The summed E-state index contributed by atoms with van der Waals surface area (Å²) in [6, 6.07) is 4.91. The Bertz CT molecular complexity index is 572. The molecule has 1 heterocycles. The van der Waals surface area contributed by atoms with Crippen LogP contribution in [0.1, 0.15) is 30.6 Å². The fourth-order valence-electron chi connectivity index (χ4n) is 2.23. The lowest BCUT2D eigenvalue weighted by Crippen LogP contribution is -2.46. The molecule has 6 nitrogen and oxygen atoms in total. The lowest BCUT2D eigenvalue weighted by Gasteiger charge is -2.33. The first-order valence-electron chi connectivity index (χ1n) is 7.51. The van der Waals surface area contributed by atoms with E-state index in [4.69, 9.17) is 10.5 Å². The molecule has 1 aromatic carbocycles. The first kappa shape index (κ1) is 18.7. The zero-order chi connectivity index (χ0) is 17.4. The van der Waals surface area contributed by atoms with E-state index in [1.165, 1.54) is 7.11 Å². The fourth-order valence-corrected chi connectivity index (χ4v) is 2.23. The number of amides is 1. The summed E-state index contributed by atoms with van der Waals surface area (Å²) in [5.74, 6) is 0.00500. The van der Waals surface area contributed by atoms with Crippen molar-refractivity contribution in [2.75, 3.05) is 25.1 Å². The number of benzene rings is 1. The van der Waals surface area contributed by atoms with Crippen molar-refractivity contribution in [1.29, 1.82) is 0 Å². The number of rotatable bonds is 4. The van der Waals surface area contributed by atoms with Gasteiger partial charge in [-0.05, 0) is 38.6 Å². The average Bonchev–Trinajstić information content (AvgIpc) is 2.55. The van der Waals surface area contributed by atoms with E-state index >= 15 is 0 Å². The molecule has 0 aliphatic carbocycles. The number of fused-ring (bicyclic) bond motifs is 1. The van der Waals surface area contributed by atoms with E-state index in [9.17, 15) is 9.59 Å². The Kier molecular flexibility index (Phi) is 7.28. The topological polar surface area (TPSA) is 81.9 Å². The molecular formula is C17H24N2O4.